The van der Waals surface area contributed by atoms with Crippen LogP contribution in [0.3, 0.4) is 0 Å². The van der Waals surface area contributed by atoms with Gasteiger partial charge in [0.15, 0.2) is 0 Å². The van der Waals surface area contributed by atoms with Crippen LogP contribution in [-0.4, -0.2) is 0 Å². The number of hydrogen-bond donors (Lipinski definition) is 1. The van der Waals surface area contributed by atoms with Crippen molar-refractivity contribution < 1.29 is 0 Å². The Kier molecular flexibility index (Phi) is 4.56. The van der Waals surface area contributed by atoms with Crippen molar-refractivity contribution in [3.05, 3.63) is 132 Å². The van der Waals surface area contributed by atoms with Gasteiger partial charge in [-0.1, -0.05) is 117 Å². The van der Waals surface area contributed by atoms with Gasteiger partial charge in [-0.15, -0.1) is 0 Å². The van der Waals surface area contributed by atoms with E-state index in [0.717, 1.165) is 11.4 Å². The number of rotatable bonds is 3. The summed E-state index contributed by atoms with van der Waals surface area (Å²) in [5, 5.41) is 8.83. The average molecular weight is 462 g/mol. The molecule has 0 amide bonds. The van der Waals surface area contributed by atoms with Crippen LogP contribution in [0.5, 0.6) is 0 Å². The molecule has 0 spiro atoms. The molecule has 1 N–H and O–H groups in total. The SMILES string of the molecule is CC1(C)c2ccccc2-c2cc(Nc3c(-c4ccc5ccccc5c4)ccc4ccccc34)ccc21. The van der Waals surface area contributed by atoms with E-state index in [9.17, 15) is 0 Å². The predicted octanol–water partition coefficient (Wildman–Crippen LogP) is 9.71. The second-order valence-corrected chi connectivity index (χ2v) is 10.3. The molecule has 1 nitrogen and oxygen atoms in total. The summed E-state index contributed by atoms with van der Waals surface area (Å²) in [7, 11) is 0. The quantitative estimate of drug-likeness (QED) is 0.276. The summed E-state index contributed by atoms with van der Waals surface area (Å²) in [6.45, 7) is 4.65. The van der Waals surface area contributed by atoms with Crippen LogP contribution in [0.4, 0.5) is 11.4 Å². The zero-order valence-electron chi connectivity index (χ0n) is 20.5. The molecule has 0 radical (unpaired) electrons. The van der Waals surface area contributed by atoms with Crippen molar-refractivity contribution in [2.75, 3.05) is 5.32 Å². The molecule has 1 heteroatoms. The Hall–Kier alpha value is -4.36. The Balaban J connectivity index is 1.40. The van der Waals surface area contributed by atoms with Gasteiger partial charge in [-0.3, -0.25) is 0 Å². The van der Waals surface area contributed by atoms with Crippen LogP contribution in [0, 0.1) is 0 Å². The summed E-state index contributed by atoms with van der Waals surface area (Å²) in [5.74, 6) is 0. The van der Waals surface area contributed by atoms with Crippen LogP contribution in [-0.2, 0) is 5.41 Å². The normalized spacial score (nSPS) is 13.5. The van der Waals surface area contributed by atoms with Gasteiger partial charge in [0.05, 0.1) is 5.69 Å². The van der Waals surface area contributed by atoms with Crippen molar-refractivity contribution in [1.82, 2.24) is 0 Å². The molecule has 1 aliphatic carbocycles. The number of fused-ring (bicyclic) bond motifs is 5. The average Bonchev–Trinajstić information content (AvgIpc) is 3.15. The Labute approximate surface area is 212 Å². The molecule has 0 bridgehead atoms. The smallest absolute Gasteiger partial charge is 0.0543 e. The third kappa shape index (κ3) is 3.17. The van der Waals surface area contributed by atoms with Crippen molar-refractivity contribution in [3.8, 4) is 22.3 Å². The largest absolute Gasteiger partial charge is 0.354 e. The minimum atomic E-state index is 0.0140. The van der Waals surface area contributed by atoms with Crippen molar-refractivity contribution in [3.63, 3.8) is 0 Å². The molecule has 0 aromatic heterocycles. The van der Waals surface area contributed by atoms with Gasteiger partial charge in [0, 0.05) is 22.1 Å². The molecule has 0 unspecified atom stereocenters. The molecule has 0 fully saturated rings. The molecule has 0 atom stereocenters. The van der Waals surface area contributed by atoms with Gasteiger partial charge < -0.3 is 5.32 Å². The fourth-order valence-electron chi connectivity index (χ4n) is 5.95. The lowest BCUT2D eigenvalue weighted by molar-refractivity contribution is 0.660. The van der Waals surface area contributed by atoms with Gasteiger partial charge in [-0.05, 0) is 62.2 Å². The highest BCUT2D eigenvalue weighted by Gasteiger charge is 2.35. The number of nitrogens with one attached hydrogen (secondary N) is 1. The summed E-state index contributed by atoms with van der Waals surface area (Å²) < 4.78 is 0. The third-order valence-corrected chi connectivity index (χ3v) is 7.84. The second kappa shape index (κ2) is 7.83. The van der Waals surface area contributed by atoms with Crippen LogP contribution >= 0.6 is 0 Å². The first-order valence-corrected chi connectivity index (χ1v) is 12.6. The van der Waals surface area contributed by atoms with E-state index >= 15 is 0 Å². The van der Waals surface area contributed by atoms with Gasteiger partial charge in [0.1, 0.15) is 0 Å². The number of hydrogen-bond acceptors (Lipinski definition) is 1. The molecule has 0 saturated carbocycles. The topological polar surface area (TPSA) is 12.0 Å². The zero-order valence-corrected chi connectivity index (χ0v) is 20.5. The maximum atomic E-state index is 3.85. The Bertz CT molecular complexity index is 1790. The molecule has 7 rings (SSSR count). The van der Waals surface area contributed by atoms with E-state index in [2.05, 4.69) is 140 Å². The molecule has 0 saturated heterocycles. The molecule has 36 heavy (non-hydrogen) atoms. The maximum absolute atomic E-state index is 3.85. The first-order valence-electron chi connectivity index (χ1n) is 12.6. The van der Waals surface area contributed by atoms with Gasteiger partial charge >= 0.3 is 0 Å². The van der Waals surface area contributed by atoms with E-state index in [1.807, 2.05) is 0 Å². The maximum Gasteiger partial charge on any atom is 0.0543 e. The van der Waals surface area contributed by atoms with Crippen LogP contribution in [0.25, 0.3) is 43.8 Å². The first kappa shape index (κ1) is 21.0. The Morgan fingerprint density at radius 2 is 1.19 bits per heavy atom. The van der Waals surface area contributed by atoms with Crippen molar-refractivity contribution in [2.24, 2.45) is 0 Å². The minimum Gasteiger partial charge on any atom is -0.354 e. The van der Waals surface area contributed by atoms with Gasteiger partial charge in [-0.2, -0.15) is 0 Å². The highest BCUT2D eigenvalue weighted by atomic mass is 14.9. The third-order valence-electron chi connectivity index (χ3n) is 7.84. The number of benzene rings is 6. The van der Waals surface area contributed by atoms with Crippen LogP contribution < -0.4 is 5.32 Å². The van der Waals surface area contributed by atoms with Gasteiger partial charge in [0.25, 0.3) is 0 Å². The molecular weight excluding hydrogens is 434 g/mol. The monoisotopic (exact) mass is 461 g/mol. The summed E-state index contributed by atoms with van der Waals surface area (Å²) in [6.07, 6.45) is 0. The van der Waals surface area contributed by atoms with E-state index in [4.69, 9.17) is 0 Å². The summed E-state index contributed by atoms with van der Waals surface area (Å²) in [6, 6.07) is 44.1. The lowest BCUT2D eigenvalue weighted by atomic mass is 9.82. The van der Waals surface area contributed by atoms with Gasteiger partial charge in [-0.25, -0.2) is 0 Å². The van der Waals surface area contributed by atoms with E-state index in [0.29, 0.717) is 0 Å². The van der Waals surface area contributed by atoms with Crippen LogP contribution in [0.15, 0.2) is 121 Å². The minimum absolute atomic E-state index is 0.0140. The molecule has 6 aromatic carbocycles. The summed E-state index contributed by atoms with van der Waals surface area (Å²) in [4.78, 5) is 0. The summed E-state index contributed by atoms with van der Waals surface area (Å²) in [5.41, 5.74) is 10.2. The van der Waals surface area contributed by atoms with E-state index in [1.165, 1.54) is 54.9 Å². The molecule has 0 heterocycles. The Morgan fingerprint density at radius 3 is 2.08 bits per heavy atom. The standard InChI is InChI=1S/C35H27N/c1-35(2)32-14-8-7-13-30(32)31-22-27(18-20-33(31)35)36-34-28-12-6-5-10-24(28)17-19-29(34)26-16-15-23-9-3-4-11-25(23)21-26/h3-22,36H,1-2H3. The van der Waals surface area contributed by atoms with E-state index in [1.54, 1.807) is 0 Å². The van der Waals surface area contributed by atoms with Crippen LogP contribution in [0.2, 0.25) is 0 Å². The summed E-state index contributed by atoms with van der Waals surface area (Å²) >= 11 is 0. The lowest BCUT2D eigenvalue weighted by Crippen LogP contribution is -2.14. The predicted molar refractivity (Wildman–Crippen MR) is 154 cm³/mol. The Morgan fingerprint density at radius 1 is 0.500 bits per heavy atom. The van der Waals surface area contributed by atoms with Crippen molar-refractivity contribution in [1.29, 1.82) is 0 Å². The second-order valence-electron chi connectivity index (χ2n) is 10.3. The zero-order chi connectivity index (χ0) is 24.3. The fourth-order valence-corrected chi connectivity index (χ4v) is 5.95. The fraction of sp³-hybridized carbons (Fsp3) is 0.0857. The lowest BCUT2D eigenvalue weighted by Gasteiger charge is -2.22. The number of anilines is 2. The molecule has 0 aliphatic heterocycles. The highest BCUT2D eigenvalue weighted by Crippen LogP contribution is 2.49. The van der Waals surface area contributed by atoms with Gasteiger partial charge in [0.2, 0.25) is 0 Å². The molecule has 172 valence electrons. The molecular formula is C35H27N. The first-order chi connectivity index (χ1) is 17.6. The van der Waals surface area contributed by atoms with Crippen molar-refractivity contribution in [2.45, 2.75) is 19.3 Å². The van der Waals surface area contributed by atoms with E-state index in [-0.39, 0.29) is 5.41 Å². The highest BCUT2D eigenvalue weighted by molar-refractivity contribution is 6.04. The molecule has 6 aromatic rings. The van der Waals surface area contributed by atoms with E-state index < -0.39 is 0 Å². The van der Waals surface area contributed by atoms with Crippen LogP contribution in [0.1, 0.15) is 25.0 Å². The van der Waals surface area contributed by atoms with Crippen molar-refractivity contribution >= 4 is 32.9 Å². The molecule has 1 aliphatic rings.